The molecule has 2 saturated heterocycles. The van der Waals surface area contributed by atoms with E-state index in [-0.39, 0.29) is 0 Å². The van der Waals surface area contributed by atoms with Crippen LogP contribution < -0.4 is 0 Å². The summed E-state index contributed by atoms with van der Waals surface area (Å²) in [4.78, 5) is 21.3. The van der Waals surface area contributed by atoms with Gasteiger partial charge in [-0.3, -0.25) is 9.79 Å². The predicted molar refractivity (Wildman–Crippen MR) is 164 cm³/mol. The quantitative estimate of drug-likeness (QED) is 0.232. The number of unbranched alkanes of at least 4 members (excludes halogenated alkanes) is 1. The van der Waals surface area contributed by atoms with Gasteiger partial charge < -0.3 is 9.80 Å². The van der Waals surface area contributed by atoms with Gasteiger partial charge in [-0.15, -0.1) is 0 Å². The molecule has 1 aromatic rings. The van der Waals surface area contributed by atoms with E-state index in [2.05, 4.69) is 89.4 Å². The van der Waals surface area contributed by atoms with Gasteiger partial charge in [-0.25, -0.2) is 0 Å². The lowest BCUT2D eigenvalue weighted by atomic mass is 9.88. The fourth-order valence-corrected chi connectivity index (χ4v) is 6.26. The maximum atomic E-state index is 12.2. The number of aliphatic imine (C=N–C) groups is 1. The lowest BCUT2D eigenvalue weighted by molar-refractivity contribution is -0.130. The van der Waals surface area contributed by atoms with Crippen LogP contribution in [0.5, 0.6) is 0 Å². The summed E-state index contributed by atoms with van der Waals surface area (Å²) in [5.41, 5.74) is 9.16. The van der Waals surface area contributed by atoms with Crippen molar-refractivity contribution in [2.24, 2.45) is 4.99 Å². The number of carbonyl (C=O) groups excluding carboxylic acids is 1. The Hall–Kier alpha value is -3.40. The van der Waals surface area contributed by atoms with E-state index in [1.165, 1.54) is 59.2 Å². The highest BCUT2D eigenvalue weighted by Crippen LogP contribution is 2.37. The van der Waals surface area contributed by atoms with Crippen molar-refractivity contribution in [2.75, 3.05) is 19.6 Å². The van der Waals surface area contributed by atoms with Crippen molar-refractivity contribution in [3.05, 3.63) is 94.4 Å². The van der Waals surface area contributed by atoms with Crippen molar-refractivity contribution < 1.29 is 4.79 Å². The molecule has 39 heavy (non-hydrogen) atoms. The van der Waals surface area contributed by atoms with Gasteiger partial charge >= 0.3 is 0 Å². The molecule has 4 heteroatoms. The van der Waals surface area contributed by atoms with Crippen molar-refractivity contribution >= 4 is 23.8 Å². The molecular formula is C35H43N3O. The summed E-state index contributed by atoms with van der Waals surface area (Å²) in [6.07, 6.45) is 27.5. The average molecular weight is 522 g/mol. The van der Waals surface area contributed by atoms with Crippen molar-refractivity contribution in [3.63, 3.8) is 0 Å². The van der Waals surface area contributed by atoms with Crippen LogP contribution in [0.3, 0.4) is 0 Å². The number of nitrogens with zero attached hydrogens (tertiary/aromatic N) is 3. The molecule has 1 aliphatic carbocycles. The zero-order valence-corrected chi connectivity index (χ0v) is 23.7. The summed E-state index contributed by atoms with van der Waals surface area (Å²) in [5, 5.41) is 0. The molecule has 0 spiro atoms. The fourth-order valence-electron chi connectivity index (χ4n) is 6.26. The van der Waals surface area contributed by atoms with Crippen molar-refractivity contribution in [2.45, 2.75) is 77.7 Å². The lowest BCUT2D eigenvalue weighted by Gasteiger charge is -2.40. The van der Waals surface area contributed by atoms with Crippen LogP contribution in [0.1, 0.15) is 82.8 Å². The van der Waals surface area contributed by atoms with E-state index in [0.717, 1.165) is 45.3 Å². The lowest BCUT2D eigenvalue weighted by Crippen LogP contribution is -2.51. The monoisotopic (exact) mass is 521 g/mol. The van der Waals surface area contributed by atoms with Crippen LogP contribution in [0.2, 0.25) is 0 Å². The third-order valence-electron chi connectivity index (χ3n) is 8.31. The van der Waals surface area contributed by atoms with E-state index < -0.39 is 0 Å². The summed E-state index contributed by atoms with van der Waals surface area (Å²) in [6, 6.07) is 9.30. The fraction of sp³-hybridized carbons (Fsp3) is 0.429. The molecule has 3 aliphatic heterocycles. The highest BCUT2D eigenvalue weighted by molar-refractivity contribution is 5.83. The van der Waals surface area contributed by atoms with E-state index in [1.807, 2.05) is 12.4 Å². The molecule has 0 radical (unpaired) electrons. The third kappa shape index (κ3) is 6.61. The van der Waals surface area contributed by atoms with Crippen LogP contribution in [0.25, 0.3) is 11.6 Å². The van der Waals surface area contributed by atoms with Gasteiger partial charge in [0.2, 0.25) is 5.91 Å². The van der Waals surface area contributed by atoms with Gasteiger partial charge in [0, 0.05) is 55.8 Å². The molecule has 2 fully saturated rings. The first-order valence-electron chi connectivity index (χ1n) is 15.0. The largest absolute Gasteiger partial charge is 0.367 e. The Morgan fingerprint density at radius 3 is 2.69 bits per heavy atom. The van der Waals surface area contributed by atoms with Gasteiger partial charge in [-0.1, -0.05) is 80.8 Å². The topological polar surface area (TPSA) is 35.9 Å². The summed E-state index contributed by atoms with van der Waals surface area (Å²) in [7, 11) is 0. The molecule has 0 bridgehead atoms. The normalized spacial score (nSPS) is 20.7. The van der Waals surface area contributed by atoms with Crippen LogP contribution in [-0.2, 0) is 4.79 Å². The second-order valence-electron chi connectivity index (χ2n) is 11.1. The maximum absolute atomic E-state index is 12.2. The minimum absolute atomic E-state index is 0.321. The van der Waals surface area contributed by atoms with Crippen LogP contribution in [0.15, 0.2) is 88.3 Å². The number of rotatable bonds is 10. The molecule has 0 aromatic heterocycles. The Bertz CT molecular complexity index is 1250. The van der Waals surface area contributed by atoms with E-state index in [9.17, 15) is 4.79 Å². The van der Waals surface area contributed by atoms with Gasteiger partial charge in [0.1, 0.15) is 0 Å². The Morgan fingerprint density at radius 2 is 1.90 bits per heavy atom. The average Bonchev–Trinajstić information content (AvgIpc) is 3.19. The van der Waals surface area contributed by atoms with Gasteiger partial charge in [-0.05, 0) is 73.0 Å². The first kappa shape index (κ1) is 27.2. The molecule has 1 amide bonds. The number of hydrogen-bond donors (Lipinski definition) is 0. The molecule has 0 saturated carbocycles. The second kappa shape index (κ2) is 13.1. The summed E-state index contributed by atoms with van der Waals surface area (Å²) >= 11 is 0. The van der Waals surface area contributed by atoms with Crippen LogP contribution >= 0.6 is 0 Å². The number of piperazine rings is 1. The maximum Gasteiger partial charge on any atom is 0.223 e. The molecule has 1 atom stereocenters. The first-order chi connectivity index (χ1) is 19.2. The number of fused-ring (bicyclic) bond motifs is 2. The molecular weight excluding hydrogens is 478 g/mol. The molecule has 3 heterocycles. The predicted octanol–water partition coefficient (Wildman–Crippen LogP) is 7.88. The summed E-state index contributed by atoms with van der Waals surface area (Å²) < 4.78 is 0. The Kier molecular flexibility index (Phi) is 9.13. The highest BCUT2D eigenvalue weighted by Gasteiger charge is 2.36. The smallest absolute Gasteiger partial charge is 0.223 e. The molecule has 204 valence electrons. The standard InChI is InChI=1S/C35H43N3O/c1-3-8-27(9-4-2)10-6-5-7-11-28-12-14-29(15-13-28)30-16-17-31-25-36-21-20-34(33(31)24-30)37-22-23-38-32(26-37)18-19-35(38)39/h7,10-16,20-21,24-25,32H,3-6,8-9,17-19,22-23,26H2,1-2H3/b11-7+. The Balaban J connectivity index is 1.24. The number of allylic oxidation sites excluding steroid dienone is 8. The Labute approximate surface area is 234 Å². The van der Waals surface area contributed by atoms with E-state index in [0.29, 0.717) is 18.4 Å². The number of carbonyl (C=O) groups is 1. The summed E-state index contributed by atoms with van der Waals surface area (Å²) in [6.45, 7) is 7.14. The van der Waals surface area contributed by atoms with Crippen molar-refractivity contribution in [1.29, 1.82) is 0 Å². The van der Waals surface area contributed by atoms with Crippen LogP contribution in [0, 0.1) is 0 Å². The number of hydrogen-bond acceptors (Lipinski definition) is 3. The highest BCUT2D eigenvalue weighted by atomic mass is 16.2. The van der Waals surface area contributed by atoms with Gasteiger partial charge in [-0.2, -0.15) is 0 Å². The summed E-state index contributed by atoms with van der Waals surface area (Å²) in [5.74, 6) is 0.321. The zero-order chi connectivity index (χ0) is 27.0. The molecule has 4 nitrogen and oxygen atoms in total. The van der Waals surface area contributed by atoms with E-state index in [1.54, 1.807) is 5.57 Å². The van der Waals surface area contributed by atoms with Crippen LogP contribution in [-0.4, -0.2) is 47.6 Å². The third-order valence-corrected chi connectivity index (χ3v) is 8.31. The second-order valence-corrected chi connectivity index (χ2v) is 11.1. The van der Waals surface area contributed by atoms with Gasteiger partial charge in [0.25, 0.3) is 0 Å². The van der Waals surface area contributed by atoms with Crippen molar-refractivity contribution in [3.8, 4) is 0 Å². The Morgan fingerprint density at radius 1 is 1.08 bits per heavy atom. The number of benzene rings is 1. The SMILES string of the molecule is CCCC(=CCC/C=C/c1ccc(C2=CCC3=CN=CC=C(N4CCN5C(=O)CCC5C4)C3=C2)cc1)CCC. The molecule has 1 unspecified atom stereocenters. The van der Waals surface area contributed by atoms with Gasteiger partial charge in [0.05, 0.1) is 0 Å². The zero-order valence-electron chi connectivity index (χ0n) is 23.7. The molecule has 4 aliphatic rings. The minimum Gasteiger partial charge on any atom is -0.367 e. The minimum atomic E-state index is 0.321. The van der Waals surface area contributed by atoms with E-state index >= 15 is 0 Å². The molecule has 0 N–H and O–H groups in total. The molecule has 1 aromatic carbocycles. The van der Waals surface area contributed by atoms with Crippen molar-refractivity contribution in [1.82, 2.24) is 9.80 Å². The molecule has 5 rings (SSSR count). The van der Waals surface area contributed by atoms with Gasteiger partial charge in [0.15, 0.2) is 0 Å². The first-order valence-corrected chi connectivity index (χ1v) is 15.0. The van der Waals surface area contributed by atoms with E-state index in [4.69, 9.17) is 0 Å². The number of amides is 1. The van der Waals surface area contributed by atoms with Crippen LogP contribution in [0.4, 0.5) is 0 Å².